The number of aliphatic imine (C=N–C) groups is 1. The molecule has 23 heavy (non-hydrogen) atoms. The van der Waals surface area contributed by atoms with Gasteiger partial charge in [0.25, 0.3) is 5.91 Å². The van der Waals surface area contributed by atoms with Gasteiger partial charge >= 0.3 is 12.0 Å². The van der Waals surface area contributed by atoms with Crippen LogP contribution in [0, 0.1) is 0 Å². The number of methoxy groups -OCH3 is 1. The van der Waals surface area contributed by atoms with Crippen LogP contribution in [0.25, 0.3) is 0 Å². The summed E-state index contributed by atoms with van der Waals surface area (Å²) in [6.45, 7) is 2.07. The van der Waals surface area contributed by atoms with Crippen molar-refractivity contribution in [2.45, 2.75) is 19.1 Å². The maximum absolute atomic E-state index is 12.2. The molecule has 0 saturated carbocycles. The number of ether oxygens (including phenoxy) is 1. The van der Waals surface area contributed by atoms with Gasteiger partial charge in [-0.2, -0.15) is 0 Å². The molecule has 2 heterocycles. The van der Waals surface area contributed by atoms with Crippen LogP contribution in [0.2, 0.25) is 0 Å². The van der Waals surface area contributed by atoms with Crippen molar-refractivity contribution < 1.29 is 19.1 Å². The van der Waals surface area contributed by atoms with Crippen molar-refractivity contribution in [2.75, 3.05) is 26.5 Å². The number of fused-ring (bicyclic) bond motifs is 1. The fourth-order valence-electron chi connectivity index (χ4n) is 2.22. The molecule has 2 aliphatic rings. The highest BCUT2D eigenvalue weighted by molar-refractivity contribution is 8.14. The van der Waals surface area contributed by atoms with Gasteiger partial charge < -0.3 is 14.5 Å². The Hall–Kier alpha value is -1.74. The molecule has 0 aromatic heterocycles. The number of likely N-dealkylation sites (N-methyl/N-ethyl adjacent to an activating group) is 1. The van der Waals surface area contributed by atoms with E-state index in [9.17, 15) is 14.4 Å². The number of amidine groups is 1. The number of carbonyl (C=O) groups excluding carboxylic acids is 3. The number of carbonyl (C=O) groups is 3. The van der Waals surface area contributed by atoms with E-state index in [1.165, 1.54) is 12.0 Å². The standard InChI is InChI=1S/C13H17ClN4O4S/c1-7(14)4-5-18-9-10(17(2)12(21)16-11(9)20)15-13(18)23-6-8(19)22-3/h4,9-10H,5-6H2,1-3H3,(H,16,20,21)/b7-4-. The zero-order chi connectivity index (χ0) is 17.1. The highest BCUT2D eigenvalue weighted by Crippen LogP contribution is 2.28. The summed E-state index contributed by atoms with van der Waals surface area (Å²) in [6, 6.07) is -1.15. The van der Waals surface area contributed by atoms with Gasteiger partial charge in [-0.1, -0.05) is 29.4 Å². The van der Waals surface area contributed by atoms with E-state index in [1.54, 1.807) is 24.9 Å². The molecule has 2 rings (SSSR count). The SMILES string of the molecule is COC(=O)CSC1=NC2C(C(=O)NC(=O)N2C)N1C/C=C(/C)Cl. The van der Waals surface area contributed by atoms with Gasteiger partial charge in [0.05, 0.1) is 12.9 Å². The number of nitrogens with one attached hydrogen (secondary N) is 1. The Morgan fingerprint density at radius 1 is 1.52 bits per heavy atom. The molecule has 0 radical (unpaired) electrons. The van der Waals surface area contributed by atoms with Crippen LogP contribution in [0.15, 0.2) is 16.1 Å². The molecule has 0 bridgehead atoms. The first-order valence-corrected chi connectivity index (χ1v) is 8.15. The lowest BCUT2D eigenvalue weighted by atomic mass is 10.1. The molecule has 8 nitrogen and oxygen atoms in total. The third-order valence-electron chi connectivity index (χ3n) is 3.44. The second kappa shape index (κ2) is 7.22. The normalized spacial score (nSPS) is 24.3. The Labute approximate surface area is 142 Å². The minimum absolute atomic E-state index is 0.0636. The molecule has 2 aliphatic heterocycles. The van der Waals surface area contributed by atoms with Crippen LogP contribution in [0.3, 0.4) is 0 Å². The van der Waals surface area contributed by atoms with Gasteiger partial charge in [-0.25, -0.2) is 9.79 Å². The number of thioether (sulfide) groups is 1. The molecule has 10 heteroatoms. The summed E-state index contributed by atoms with van der Waals surface area (Å²) in [4.78, 5) is 42.8. The van der Waals surface area contributed by atoms with Gasteiger partial charge in [0.2, 0.25) is 0 Å². The number of rotatable bonds is 4. The molecule has 0 aliphatic carbocycles. The zero-order valence-corrected chi connectivity index (χ0v) is 14.5. The second-order valence-electron chi connectivity index (χ2n) is 4.98. The maximum atomic E-state index is 12.2. The topological polar surface area (TPSA) is 91.3 Å². The molecule has 1 N–H and O–H groups in total. The lowest BCUT2D eigenvalue weighted by Gasteiger charge is -2.35. The van der Waals surface area contributed by atoms with Crippen LogP contribution in [-0.4, -0.2) is 71.5 Å². The smallest absolute Gasteiger partial charge is 0.325 e. The van der Waals surface area contributed by atoms with Crippen LogP contribution >= 0.6 is 23.4 Å². The number of nitrogens with zero attached hydrogens (tertiary/aromatic N) is 3. The molecule has 1 fully saturated rings. The maximum Gasteiger partial charge on any atom is 0.325 e. The van der Waals surface area contributed by atoms with Gasteiger partial charge in [-0.3, -0.25) is 14.9 Å². The van der Waals surface area contributed by atoms with E-state index in [4.69, 9.17) is 11.6 Å². The molecule has 0 aromatic rings. The van der Waals surface area contributed by atoms with E-state index in [0.29, 0.717) is 16.7 Å². The van der Waals surface area contributed by atoms with E-state index in [2.05, 4.69) is 15.0 Å². The Morgan fingerprint density at radius 3 is 2.83 bits per heavy atom. The number of urea groups is 1. The van der Waals surface area contributed by atoms with Crippen molar-refractivity contribution in [1.29, 1.82) is 0 Å². The summed E-state index contributed by atoms with van der Waals surface area (Å²) in [5.74, 6) is -0.754. The van der Waals surface area contributed by atoms with Gasteiger partial charge in [0.15, 0.2) is 17.4 Å². The van der Waals surface area contributed by atoms with E-state index in [0.717, 1.165) is 11.8 Å². The Kier molecular flexibility index (Phi) is 5.53. The van der Waals surface area contributed by atoms with Crippen molar-refractivity contribution in [1.82, 2.24) is 15.1 Å². The number of hydrogen-bond donors (Lipinski definition) is 1. The fraction of sp³-hybridized carbons (Fsp3) is 0.538. The van der Waals surface area contributed by atoms with Crippen molar-refractivity contribution in [3.8, 4) is 0 Å². The molecule has 2 atom stereocenters. The summed E-state index contributed by atoms with van der Waals surface area (Å²) in [5, 5.41) is 3.37. The molecule has 2 unspecified atom stereocenters. The van der Waals surface area contributed by atoms with Crippen LogP contribution in [0.1, 0.15) is 6.92 Å². The van der Waals surface area contributed by atoms with Crippen LogP contribution < -0.4 is 5.32 Å². The highest BCUT2D eigenvalue weighted by Gasteiger charge is 2.48. The van der Waals surface area contributed by atoms with Crippen LogP contribution in [-0.2, 0) is 14.3 Å². The van der Waals surface area contributed by atoms with Gasteiger partial charge in [0, 0.05) is 18.6 Å². The van der Waals surface area contributed by atoms with E-state index < -0.39 is 30.1 Å². The number of allylic oxidation sites excluding steroid dienone is 1. The highest BCUT2D eigenvalue weighted by atomic mass is 35.5. The van der Waals surface area contributed by atoms with Gasteiger partial charge in [0.1, 0.15) is 0 Å². The first-order valence-electron chi connectivity index (χ1n) is 6.79. The Bertz CT molecular complexity index is 591. The van der Waals surface area contributed by atoms with E-state index in [1.807, 2.05) is 0 Å². The third kappa shape index (κ3) is 3.78. The third-order valence-corrected chi connectivity index (χ3v) is 4.57. The molecular weight excluding hydrogens is 344 g/mol. The first-order chi connectivity index (χ1) is 10.8. The van der Waals surface area contributed by atoms with Crippen molar-refractivity contribution in [2.24, 2.45) is 4.99 Å². The summed E-state index contributed by atoms with van der Waals surface area (Å²) >= 11 is 7.02. The van der Waals surface area contributed by atoms with Gasteiger partial charge in [-0.15, -0.1) is 0 Å². The lowest BCUT2D eigenvalue weighted by molar-refractivity contribution is -0.137. The molecule has 3 amide bonds. The quantitative estimate of drug-likeness (QED) is 0.737. The molecule has 0 aromatic carbocycles. The minimum atomic E-state index is -0.648. The first kappa shape index (κ1) is 17.6. The molecule has 0 spiro atoms. The summed E-state index contributed by atoms with van der Waals surface area (Å²) < 4.78 is 4.61. The van der Waals surface area contributed by atoms with Crippen LogP contribution in [0.4, 0.5) is 4.79 Å². The lowest BCUT2D eigenvalue weighted by Crippen LogP contribution is -2.63. The van der Waals surface area contributed by atoms with E-state index in [-0.39, 0.29) is 5.75 Å². The van der Waals surface area contributed by atoms with Crippen molar-refractivity contribution in [3.63, 3.8) is 0 Å². The summed E-state index contributed by atoms with van der Waals surface area (Å²) in [7, 11) is 2.87. The zero-order valence-electron chi connectivity index (χ0n) is 12.9. The molecule has 126 valence electrons. The molecule has 1 saturated heterocycles. The Morgan fingerprint density at radius 2 is 2.22 bits per heavy atom. The number of esters is 1. The average molecular weight is 361 g/mol. The minimum Gasteiger partial charge on any atom is -0.468 e. The predicted molar refractivity (Wildman–Crippen MR) is 87.1 cm³/mol. The van der Waals surface area contributed by atoms with Crippen molar-refractivity contribution >= 4 is 46.4 Å². The number of imide groups is 1. The largest absolute Gasteiger partial charge is 0.468 e. The summed E-state index contributed by atoms with van der Waals surface area (Å²) in [5.41, 5.74) is 0. The average Bonchev–Trinajstić information content (AvgIpc) is 2.87. The predicted octanol–water partition coefficient (Wildman–Crippen LogP) is 0.583. The molecular formula is C13H17ClN4O4S. The van der Waals surface area contributed by atoms with Gasteiger partial charge in [-0.05, 0) is 6.92 Å². The second-order valence-corrected chi connectivity index (χ2v) is 6.52. The number of halogens is 1. The fourth-order valence-corrected chi connectivity index (χ4v) is 3.19. The summed E-state index contributed by atoms with van der Waals surface area (Å²) in [6.07, 6.45) is 1.11. The van der Waals surface area contributed by atoms with E-state index >= 15 is 0 Å². The van der Waals surface area contributed by atoms with Crippen molar-refractivity contribution in [3.05, 3.63) is 11.1 Å². The number of amides is 3. The monoisotopic (exact) mass is 360 g/mol. The van der Waals surface area contributed by atoms with Crippen LogP contribution in [0.5, 0.6) is 0 Å². The Balaban J connectivity index is 2.24. The number of hydrogen-bond acceptors (Lipinski definition) is 7.